The first-order valence-corrected chi connectivity index (χ1v) is 11.2. The molecular weight excluding hydrogens is 550 g/mol. The molecule has 1 amide bonds. The van der Waals surface area contributed by atoms with E-state index < -0.39 is 60.2 Å². The predicted molar refractivity (Wildman–Crippen MR) is 120 cm³/mol. The van der Waals surface area contributed by atoms with Gasteiger partial charge in [-0.2, -0.15) is 26.3 Å². The van der Waals surface area contributed by atoms with Gasteiger partial charge in [-0.15, -0.1) is 0 Å². The van der Waals surface area contributed by atoms with Crippen molar-refractivity contribution < 1.29 is 45.3 Å². The fourth-order valence-electron chi connectivity index (χ4n) is 3.00. The Kier molecular flexibility index (Phi) is 8.78. The number of pyridine rings is 1. The van der Waals surface area contributed by atoms with Crippen LogP contribution in [0.25, 0.3) is 10.9 Å². The van der Waals surface area contributed by atoms with Crippen LogP contribution in [0.4, 0.5) is 31.1 Å². The molecule has 0 fully saturated rings. The zero-order chi connectivity index (χ0) is 26.8. The molecule has 1 atom stereocenters. The van der Waals surface area contributed by atoms with Gasteiger partial charge in [-0.25, -0.2) is 9.78 Å². The van der Waals surface area contributed by atoms with Crippen molar-refractivity contribution >= 4 is 32.9 Å². The van der Waals surface area contributed by atoms with Crippen LogP contribution in [0.5, 0.6) is 11.6 Å². The van der Waals surface area contributed by atoms with E-state index in [4.69, 9.17) is 14.2 Å². The van der Waals surface area contributed by atoms with Crippen molar-refractivity contribution in [2.45, 2.75) is 71.1 Å². The summed E-state index contributed by atoms with van der Waals surface area (Å²) in [6, 6.07) is 1.71. The summed E-state index contributed by atoms with van der Waals surface area (Å²) in [7, 11) is 0. The van der Waals surface area contributed by atoms with Crippen LogP contribution in [0.3, 0.4) is 0 Å². The summed E-state index contributed by atoms with van der Waals surface area (Å²) in [4.78, 5) is 16.1. The number of hydrogen-bond acceptors (Lipinski definition) is 5. The molecule has 0 spiro atoms. The maximum atomic E-state index is 13.9. The quantitative estimate of drug-likeness (QED) is 0.359. The van der Waals surface area contributed by atoms with Crippen LogP contribution >= 0.6 is 15.9 Å². The minimum Gasteiger partial charge on any atom is -0.490 e. The van der Waals surface area contributed by atoms with E-state index in [1.807, 2.05) is 0 Å². The third-order valence-corrected chi connectivity index (χ3v) is 4.77. The Morgan fingerprint density at radius 1 is 1.11 bits per heavy atom. The highest BCUT2D eigenvalue weighted by molar-refractivity contribution is 9.10. The second-order valence-corrected chi connectivity index (χ2v) is 9.77. The number of alkyl carbamates (subject to hydrolysis) is 1. The van der Waals surface area contributed by atoms with Crippen molar-refractivity contribution in [1.82, 2.24) is 10.3 Å². The van der Waals surface area contributed by atoms with Crippen molar-refractivity contribution in [2.24, 2.45) is 0 Å². The maximum Gasteiger partial charge on any atom is 0.417 e. The van der Waals surface area contributed by atoms with Gasteiger partial charge in [-0.1, -0.05) is 0 Å². The number of amides is 1. The molecule has 0 aliphatic rings. The second kappa shape index (κ2) is 10.7. The van der Waals surface area contributed by atoms with Crippen LogP contribution in [0.2, 0.25) is 0 Å². The van der Waals surface area contributed by atoms with Crippen LogP contribution in [0.1, 0.15) is 46.6 Å². The SMILES string of the molecule is CC(C)Oc1cc(C(F)(F)F)c2c(OC[C@@H](CC(F)(F)F)NC(=O)OC(C)(C)C)c(Br)ccc2n1. The summed E-state index contributed by atoms with van der Waals surface area (Å²) >= 11 is 3.09. The summed E-state index contributed by atoms with van der Waals surface area (Å²) < 4.78 is 96.8. The van der Waals surface area contributed by atoms with Crippen LogP contribution in [-0.4, -0.2) is 41.6 Å². The summed E-state index contributed by atoms with van der Waals surface area (Å²) in [6.45, 7) is 7.02. The van der Waals surface area contributed by atoms with Crippen LogP contribution in [0.15, 0.2) is 22.7 Å². The van der Waals surface area contributed by atoms with Crippen LogP contribution < -0.4 is 14.8 Å². The lowest BCUT2D eigenvalue weighted by Crippen LogP contribution is -2.44. The zero-order valence-electron chi connectivity index (χ0n) is 19.5. The standard InChI is InChI=1S/C22H25BrF6N2O4/c1-11(2)34-16-8-13(22(27,28)29)17-15(31-16)7-6-14(23)18(17)33-10-12(9-21(24,25)26)30-19(32)35-20(3,4)5/h6-8,11-12H,9-10H2,1-5H3,(H,30,32)/t12-/m1/s1. The fraction of sp³-hybridized carbons (Fsp3) is 0.545. The molecule has 0 saturated heterocycles. The molecule has 1 aromatic heterocycles. The Morgan fingerprint density at radius 3 is 2.26 bits per heavy atom. The summed E-state index contributed by atoms with van der Waals surface area (Å²) in [5, 5.41) is 1.60. The number of carbonyl (C=O) groups is 1. The third kappa shape index (κ3) is 8.93. The minimum absolute atomic E-state index is 0.0536. The van der Waals surface area contributed by atoms with E-state index in [1.165, 1.54) is 32.9 Å². The molecule has 0 saturated carbocycles. The summed E-state index contributed by atoms with van der Waals surface area (Å²) in [6.07, 6.45) is -12.6. The van der Waals surface area contributed by atoms with Gasteiger partial charge in [-0.05, 0) is 62.7 Å². The normalized spacial score (nSPS) is 13.6. The lowest BCUT2D eigenvalue weighted by atomic mass is 10.1. The number of alkyl halides is 6. The molecule has 0 unspecified atom stereocenters. The molecular formula is C22H25BrF6N2O4. The van der Waals surface area contributed by atoms with Crippen molar-refractivity contribution in [2.75, 3.05) is 6.61 Å². The number of aromatic nitrogens is 1. The van der Waals surface area contributed by atoms with E-state index in [0.29, 0.717) is 6.07 Å². The number of benzene rings is 1. The largest absolute Gasteiger partial charge is 0.490 e. The number of nitrogens with one attached hydrogen (secondary N) is 1. The van der Waals surface area contributed by atoms with Gasteiger partial charge in [0.25, 0.3) is 0 Å². The Hall–Kier alpha value is -2.44. The van der Waals surface area contributed by atoms with Gasteiger partial charge in [0.05, 0.1) is 39.5 Å². The Morgan fingerprint density at radius 2 is 1.74 bits per heavy atom. The molecule has 6 nitrogen and oxygen atoms in total. The summed E-state index contributed by atoms with van der Waals surface area (Å²) in [5.74, 6) is -0.647. The van der Waals surface area contributed by atoms with Gasteiger partial charge in [-0.3, -0.25) is 0 Å². The average Bonchev–Trinajstić information content (AvgIpc) is 2.62. The van der Waals surface area contributed by atoms with Gasteiger partial charge < -0.3 is 19.5 Å². The lowest BCUT2D eigenvalue weighted by molar-refractivity contribution is -0.141. The van der Waals surface area contributed by atoms with E-state index in [9.17, 15) is 31.1 Å². The first-order chi connectivity index (χ1) is 15.9. The van der Waals surface area contributed by atoms with E-state index in [2.05, 4.69) is 26.2 Å². The molecule has 1 aromatic carbocycles. The van der Waals surface area contributed by atoms with Crippen molar-refractivity contribution in [3.63, 3.8) is 0 Å². The number of carbonyl (C=O) groups excluding carboxylic acids is 1. The highest BCUT2D eigenvalue weighted by Crippen LogP contribution is 2.43. The van der Waals surface area contributed by atoms with Crippen molar-refractivity contribution in [1.29, 1.82) is 0 Å². The molecule has 1 heterocycles. The Balaban J connectivity index is 2.47. The molecule has 0 aliphatic carbocycles. The third-order valence-electron chi connectivity index (χ3n) is 4.14. The van der Waals surface area contributed by atoms with Crippen molar-refractivity contribution in [3.05, 3.63) is 28.2 Å². The van der Waals surface area contributed by atoms with Gasteiger partial charge in [0.15, 0.2) is 0 Å². The van der Waals surface area contributed by atoms with Gasteiger partial charge in [0.2, 0.25) is 5.88 Å². The lowest BCUT2D eigenvalue weighted by Gasteiger charge is -2.25. The van der Waals surface area contributed by atoms with Gasteiger partial charge in [0, 0.05) is 6.07 Å². The van der Waals surface area contributed by atoms with E-state index >= 15 is 0 Å². The van der Waals surface area contributed by atoms with Crippen LogP contribution in [0, 0.1) is 0 Å². The minimum atomic E-state index is -4.85. The topological polar surface area (TPSA) is 69.7 Å². The highest BCUT2D eigenvalue weighted by atomic mass is 79.9. The van der Waals surface area contributed by atoms with Crippen LogP contribution in [-0.2, 0) is 10.9 Å². The molecule has 0 bridgehead atoms. The molecule has 2 aromatic rings. The van der Waals surface area contributed by atoms with E-state index in [0.717, 1.165) is 0 Å². The molecule has 0 radical (unpaired) electrons. The second-order valence-electron chi connectivity index (χ2n) is 8.92. The Labute approximate surface area is 206 Å². The number of hydrogen-bond donors (Lipinski definition) is 1. The predicted octanol–water partition coefficient (Wildman–Crippen LogP) is 7.03. The smallest absolute Gasteiger partial charge is 0.417 e. The molecule has 0 aliphatic heterocycles. The average molecular weight is 575 g/mol. The molecule has 196 valence electrons. The molecule has 13 heteroatoms. The Bertz CT molecular complexity index is 1050. The number of rotatable bonds is 7. The van der Waals surface area contributed by atoms with Crippen molar-refractivity contribution in [3.8, 4) is 11.6 Å². The number of halogens is 7. The number of nitrogens with zero attached hydrogens (tertiary/aromatic N) is 1. The summed E-state index contributed by atoms with van der Waals surface area (Å²) in [5.41, 5.74) is -2.25. The number of fused-ring (bicyclic) bond motifs is 1. The first kappa shape index (κ1) is 28.8. The van der Waals surface area contributed by atoms with E-state index in [1.54, 1.807) is 13.8 Å². The van der Waals surface area contributed by atoms with Gasteiger partial charge in [0.1, 0.15) is 18.0 Å². The maximum absolute atomic E-state index is 13.9. The zero-order valence-corrected chi connectivity index (χ0v) is 21.1. The van der Waals surface area contributed by atoms with E-state index in [-0.39, 0.29) is 21.6 Å². The molecule has 35 heavy (non-hydrogen) atoms. The van der Waals surface area contributed by atoms with Gasteiger partial charge >= 0.3 is 18.4 Å². The molecule has 2 rings (SSSR count). The monoisotopic (exact) mass is 574 g/mol. The number of ether oxygens (including phenoxy) is 3. The molecule has 1 N–H and O–H groups in total. The first-order valence-electron chi connectivity index (χ1n) is 10.4. The highest BCUT2D eigenvalue weighted by Gasteiger charge is 2.37. The fourth-order valence-corrected chi connectivity index (χ4v) is 3.45.